The number of likely N-dealkylation sites (N-methyl/N-ethyl adjacent to an activating group) is 1. The molecule has 0 unspecified atom stereocenters. The summed E-state index contributed by atoms with van der Waals surface area (Å²) < 4.78 is 11.0. The number of ether oxygens (including phenoxy) is 1. The highest BCUT2D eigenvalue weighted by Crippen LogP contribution is 2.24. The Morgan fingerprint density at radius 3 is 2.78 bits per heavy atom. The molecule has 0 bridgehead atoms. The van der Waals surface area contributed by atoms with Gasteiger partial charge in [-0.3, -0.25) is 9.69 Å². The van der Waals surface area contributed by atoms with Gasteiger partial charge in [0, 0.05) is 29.1 Å². The molecule has 7 heteroatoms. The Labute approximate surface area is 160 Å². The first-order valence-corrected chi connectivity index (χ1v) is 8.63. The summed E-state index contributed by atoms with van der Waals surface area (Å²) in [6.07, 6.45) is 0. The molecule has 3 aromatic rings. The zero-order chi connectivity index (χ0) is 19.4. The van der Waals surface area contributed by atoms with E-state index in [2.05, 4.69) is 0 Å². The molecule has 0 atom stereocenters. The number of benzene rings is 2. The van der Waals surface area contributed by atoms with Gasteiger partial charge in [0.2, 0.25) is 0 Å². The summed E-state index contributed by atoms with van der Waals surface area (Å²) in [5.41, 5.74) is 1.53. The number of fused-ring (bicyclic) bond motifs is 1. The average molecular weight is 388 g/mol. The van der Waals surface area contributed by atoms with Crippen LogP contribution < -0.4 is 10.4 Å². The summed E-state index contributed by atoms with van der Waals surface area (Å²) in [5, 5.41) is 10.3. The third-order valence-corrected chi connectivity index (χ3v) is 4.18. The first-order valence-electron chi connectivity index (χ1n) is 8.25. The maximum atomic E-state index is 11.9. The van der Waals surface area contributed by atoms with Crippen LogP contribution in [0.2, 0.25) is 5.02 Å². The zero-order valence-electron chi connectivity index (χ0n) is 14.6. The minimum Gasteiger partial charge on any atom is -0.489 e. The normalized spacial score (nSPS) is 11.1. The van der Waals surface area contributed by atoms with Gasteiger partial charge < -0.3 is 14.3 Å². The van der Waals surface area contributed by atoms with Gasteiger partial charge in [0.1, 0.15) is 17.9 Å². The van der Waals surface area contributed by atoms with Crippen LogP contribution in [0.5, 0.6) is 5.75 Å². The fourth-order valence-electron chi connectivity index (χ4n) is 2.80. The molecule has 2 aromatic carbocycles. The topological polar surface area (TPSA) is 80.0 Å². The highest BCUT2D eigenvalue weighted by molar-refractivity contribution is 6.30. The van der Waals surface area contributed by atoms with Crippen molar-refractivity contribution < 1.29 is 19.1 Å². The Hall–Kier alpha value is -2.83. The molecule has 0 saturated carbocycles. The Balaban J connectivity index is 1.82. The predicted molar refractivity (Wildman–Crippen MR) is 102 cm³/mol. The van der Waals surface area contributed by atoms with Crippen molar-refractivity contribution in [2.24, 2.45) is 0 Å². The van der Waals surface area contributed by atoms with Crippen LogP contribution in [-0.2, 0) is 17.9 Å². The summed E-state index contributed by atoms with van der Waals surface area (Å²) in [4.78, 5) is 24.3. The number of aliphatic carboxylic acids is 1. The molecule has 0 spiro atoms. The van der Waals surface area contributed by atoms with Crippen LogP contribution in [0.15, 0.2) is 57.7 Å². The molecular weight excluding hydrogens is 370 g/mol. The molecule has 0 fully saturated rings. The molecule has 1 heterocycles. The molecule has 0 aliphatic carbocycles. The van der Waals surface area contributed by atoms with Crippen molar-refractivity contribution in [3.63, 3.8) is 0 Å². The second-order valence-electron chi connectivity index (χ2n) is 6.23. The highest BCUT2D eigenvalue weighted by Gasteiger charge is 2.11. The lowest BCUT2D eigenvalue weighted by atomic mass is 10.1. The lowest BCUT2D eigenvalue weighted by molar-refractivity contribution is -0.138. The second-order valence-corrected chi connectivity index (χ2v) is 6.67. The third kappa shape index (κ3) is 5.09. The molecule has 1 aromatic heterocycles. The minimum absolute atomic E-state index is 0.122. The van der Waals surface area contributed by atoms with Crippen LogP contribution in [-0.4, -0.2) is 29.6 Å². The van der Waals surface area contributed by atoms with E-state index in [9.17, 15) is 9.59 Å². The quantitative estimate of drug-likeness (QED) is 0.624. The standard InChI is InChI=1S/C20H18ClNO5/c1-22(11-19(23)24)10-14-8-20(25)27-18-9-16(5-6-17(14)18)26-12-13-3-2-4-15(21)7-13/h2-9H,10-12H2,1H3,(H,23,24). The number of nitrogens with zero attached hydrogens (tertiary/aromatic N) is 1. The molecule has 0 aliphatic heterocycles. The van der Waals surface area contributed by atoms with Crippen molar-refractivity contribution in [1.29, 1.82) is 0 Å². The average Bonchev–Trinajstić information content (AvgIpc) is 2.58. The van der Waals surface area contributed by atoms with Crippen molar-refractivity contribution in [2.45, 2.75) is 13.2 Å². The van der Waals surface area contributed by atoms with Gasteiger partial charge in [-0.05, 0) is 42.4 Å². The van der Waals surface area contributed by atoms with Crippen molar-refractivity contribution in [2.75, 3.05) is 13.6 Å². The fourth-order valence-corrected chi connectivity index (χ4v) is 3.01. The smallest absolute Gasteiger partial charge is 0.336 e. The first-order chi connectivity index (χ1) is 12.9. The van der Waals surface area contributed by atoms with E-state index in [1.54, 1.807) is 36.2 Å². The summed E-state index contributed by atoms with van der Waals surface area (Å²) in [7, 11) is 1.68. The summed E-state index contributed by atoms with van der Waals surface area (Å²) in [6.45, 7) is 0.525. The number of carboxylic acids is 1. The monoisotopic (exact) mass is 387 g/mol. The van der Waals surface area contributed by atoms with E-state index in [0.29, 0.717) is 35.1 Å². The highest BCUT2D eigenvalue weighted by atomic mass is 35.5. The molecule has 0 amide bonds. The lowest BCUT2D eigenvalue weighted by Gasteiger charge is -2.15. The fraction of sp³-hybridized carbons (Fsp3) is 0.200. The maximum Gasteiger partial charge on any atom is 0.336 e. The van der Waals surface area contributed by atoms with Gasteiger partial charge in [0.15, 0.2) is 0 Å². The molecule has 0 radical (unpaired) electrons. The molecule has 27 heavy (non-hydrogen) atoms. The van der Waals surface area contributed by atoms with Crippen molar-refractivity contribution in [1.82, 2.24) is 4.90 Å². The van der Waals surface area contributed by atoms with Gasteiger partial charge in [-0.15, -0.1) is 0 Å². The minimum atomic E-state index is -0.929. The molecule has 1 N–H and O–H groups in total. The Morgan fingerprint density at radius 1 is 1.22 bits per heavy atom. The largest absolute Gasteiger partial charge is 0.489 e. The van der Waals surface area contributed by atoms with Crippen LogP contribution in [0.1, 0.15) is 11.1 Å². The zero-order valence-corrected chi connectivity index (χ0v) is 15.4. The predicted octanol–water partition coefficient (Wildman–Crippen LogP) is 3.54. The van der Waals surface area contributed by atoms with Crippen molar-refractivity contribution in [3.05, 3.63) is 75.1 Å². The number of hydrogen-bond acceptors (Lipinski definition) is 5. The van der Waals surface area contributed by atoms with E-state index in [0.717, 1.165) is 10.9 Å². The summed E-state index contributed by atoms with van der Waals surface area (Å²) >= 11 is 5.97. The van der Waals surface area contributed by atoms with E-state index in [1.165, 1.54) is 6.07 Å². The van der Waals surface area contributed by atoms with Crippen molar-refractivity contribution >= 4 is 28.5 Å². The van der Waals surface area contributed by atoms with Gasteiger partial charge in [-0.25, -0.2) is 4.79 Å². The molecule has 0 saturated heterocycles. The Kier molecular flexibility index (Phi) is 5.78. The lowest BCUT2D eigenvalue weighted by Crippen LogP contribution is -2.25. The summed E-state index contributed by atoms with van der Waals surface area (Å²) in [6, 6.07) is 14.0. The SMILES string of the molecule is CN(CC(=O)O)Cc1cc(=O)oc2cc(OCc3cccc(Cl)c3)ccc12. The number of halogens is 1. The van der Waals surface area contributed by atoms with Crippen LogP contribution in [0.3, 0.4) is 0 Å². The number of rotatable bonds is 7. The molecular formula is C20H18ClNO5. The van der Waals surface area contributed by atoms with Gasteiger partial charge in [0.05, 0.1) is 6.54 Å². The maximum absolute atomic E-state index is 11.9. The van der Waals surface area contributed by atoms with E-state index in [4.69, 9.17) is 25.9 Å². The van der Waals surface area contributed by atoms with E-state index >= 15 is 0 Å². The number of carboxylic acid groups (broad SMARTS) is 1. The van der Waals surface area contributed by atoms with Crippen LogP contribution in [0.4, 0.5) is 0 Å². The Bertz CT molecular complexity index is 1030. The van der Waals surface area contributed by atoms with Crippen LogP contribution >= 0.6 is 11.6 Å². The third-order valence-electron chi connectivity index (χ3n) is 3.94. The Morgan fingerprint density at radius 2 is 2.04 bits per heavy atom. The molecule has 6 nitrogen and oxygen atoms in total. The number of hydrogen-bond donors (Lipinski definition) is 1. The number of carbonyl (C=O) groups is 1. The van der Waals surface area contributed by atoms with Crippen LogP contribution in [0.25, 0.3) is 11.0 Å². The second kappa shape index (κ2) is 8.24. The van der Waals surface area contributed by atoms with E-state index in [1.807, 2.05) is 18.2 Å². The van der Waals surface area contributed by atoms with Crippen molar-refractivity contribution in [3.8, 4) is 5.75 Å². The van der Waals surface area contributed by atoms with Gasteiger partial charge in [0.25, 0.3) is 0 Å². The molecule has 0 aliphatic rings. The van der Waals surface area contributed by atoms with E-state index in [-0.39, 0.29) is 6.54 Å². The summed E-state index contributed by atoms with van der Waals surface area (Å²) in [5.74, 6) is -0.372. The van der Waals surface area contributed by atoms with Gasteiger partial charge in [-0.1, -0.05) is 23.7 Å². The van der Waals surface area contributed by atoms with Gasteiger partial charge >= 0.3 is 11.6 Å². The first kappa shape index (κ1) is 18.9. The molecule has 3 rings (SSSR count). The van der Waals surface area contributed by atoms with E-state index < -0.39 is 11.6 Å². The van der Waals surface area contributed by atoms with Gasteiger partial charge in [-0.2, -0.15) is 0 Å². The van der Waals surface area contributed by atoms with Crippen LogP contribution in [0, 0.1) is 0 Å². The molecule has 140 valence electrons.